The Morgan fingerprint density at radius 1 is 1.22 bits per heavy atom. The van der Waals surface area contributed by atoms with Crippen LogP contribution in [0.2, 0.25) is 0 Å². The molecule has 2 rings (SSSR count). The van der Waals surface area contributed by atoms with Gasteiger partial charge in [0, 0.05) is 18.5 Å². The van der Waals surface area contributed by atoms with Crippen molar-refractivity contribution in [2.24, 2.45) is 5.41 Å². The number of hydrogen-bond donors (Lipinski definition) is 0. The van der Waals surface area contributed by atoms with Gasteiger partial charge in [-0.05, 0) is 12.0 Å². The molecule has 0 bridgehead atoms. The summed E-state index contributed by atoms with van der Waals surface area (Å²) in [6.45, 7) is 6.81. The van der Waals surface area contributed by atoms with Crippen LogP contribution in [0.3, 0.4) is 0 Å². The highest BCUT2D eigenvalue weighted by Gasteiger charge is 2.32. The van der Waals surface area contributed by atoms with E-state index >= 15 is 0 Å². The largest absolute Gasteiger partial charge is 0.378 e. The van der Waals surface area contributed by atoms with Gasteiger partial charge in [0.15, 0.2) is 0 Å². The molecule has 1 aromatic carbocycles. The predicted molar refractivity (Wildman–Crippen MR) is 71.3 cm³/mol. The van der Waals surface area contributed by atoms with Gasteiger partial charge in [-0.1, -0.05) is 44.2 Å². The van der Waals surface area contributed by atoms with Crippen LogP contribution in [0, 0.1) is 5.41 Å². The average Bonchev–Trinajstić information content (AvgIpc) is 2.39. The zero-order valence-electron chi connectivity index (χ0n) is 11.2. The van der Waals surface area contributed by atoms with Crippen molar-refractivity contribution in [3.8, 4) is 0 Å². The van der Waals surface area contributed by atoms with Gasteiger partial charge >= 0.3 is 0 Å². The highest BCUT2D eigenvalue weighted by molar-refractivity contribution is 5.82. The number of rotatable bonds is 3. The van der Waals surface area contributed by atoms with E-state index in [-0.39, 0.29) is 11.3 Å². The summed E-state index contributed by atoms with van der Waals surface area (Å²) in [7, 11) is 0. The van der Waals surface area contributed by atoms with Crippen LogP contribution >= 0.6 is 0 Å². The first-order chi connectivity index (χ1) is 8.59. The maximum absolute atomic E-state index is 12.5. The second-order valence-electron chi connectivity index (χ2n) is 5.45. The lowest BCUT2D eigenvalue weighted by atomic mass is 9.84. The van der Waals surface area contributed by atoms with Crippen molar-refractivity contribution in [1.29, 1.82) is 0 Å². The van der Waals surface area contributed by atoms with E-state index in [1.54, 1.807) is 0 Å². The van der Waals surface area contributed by atoms with Crippen molar-refractivity contribution in [1.82, 2.24) is 4.90 Å². The zero-order valence-corrected chi connectivity index (χ0v) is 11.2. The summed E-state index contributed by atoms with van der Waals surface area (Å²) in [5.74, 6) is 0.231. The third-order valence-electron chi connectivity index (χ3n) is 3.37. The first-order valence-corrected chi connectivity index (χ1v) is 6.51. The molecule has 1 heterocycles. The molecule has 0 saturated carbocycles. The lowest BCUT2D eigenvalue weighted by molar-refractivity contribution is -0.144. The van der Waals surface area contributed by atoms with Gasteiger partial charge in [-0.2, -0.15) is 0 Å². The van der Waals surface area contributed by atoms with E-state index in [1.807, 2.05) is 36.9 Å². The van der Waals surface area contributed by atoms with Crippen molar-refractivity contribution in [3.63, 3.8) is 0 Å². The lowest BCUT2D eigenvalue weighted by Gasteiger charge is -2.34. The smallest absolute Gasteiger partial charge is 0.228 e. The van der Waals surface area contributed by atoms with Crippen molar-refractivity contribution < 1.29 is 9.53 Å². The van der Waals surface area contributed by atoms with Crippen molar-refractivity contribution >= 4 is 5.91 Å². The molecule has 1 amide bonds. The Labute approximate surface area is 109 Å². The lowest BCUT2D eigenvalue weighted by Crippen LogP contribution is -2.47. The Hall–Kier alpha value is -1.35. The molecular weight excluding hydrogens is 226 g/mol. The molecule has 1 aliphatic heterocycles. The minimum atomic E-state index is -0.349. The summed E-state index contributed by atoms with van der Waals surface area (Å²) in [4.78, 5) is 14.4. The molecule has 3 nitrogen and oxygen atoms in total. The third kappa shape index (κ3) is 3.10. The average molecular weight is 247 g/mol. The molecule has 0 aromatic heterocycles. The Kier molecular flexibility index (Phi) is 4.02. The molecule has 0 atom stereocenters. The van der Waals surface area contributed by atoms with Gasteiger partial charge in [-0.15, -0.1) is 0 Å². The molecule has 0 spiro atoms. The topological polar surface area (TPSA) is 29.5 Å². The van der Waals surface area contributed by atoms with Gasteiger partial charge in [0.2, 0.25) is 5.91 Å². The van der Waals surface area contributed by atoms with E-state index in [1.165, 1.54) is 5.56 Å². The van der Waals surface area contributed by atoms with E-state index in [4.69, 9.17) is 4.74 Å². The van der Waals surface area contributed by atoms with E-state index in [2.05, 4.69) is 12.1 Å². The molecular formula is C15H21NO2. The molecule has 0 N–H and O–H groups in total. The number of carbonyl (C=O) groups excluding carboxylic acids is 1. The van der Waals surface area contributed by atoms with Gasteiger partial charge in [-0.3, -0.25) is 4.79 Å². The molecule has 1 aromatic rings. The normalized spacial score (nSPS) is 16.7. The molecule has 98 valence electrons. The molecule has 0 radical (unpaired) electrons. The number of amides is 1. The standard InChI is InChI=1S/C15H21NO2/c1-15(2,12-13-6-4-3-5-7-13)14(17)16-8-10-18-11-9-16/h3-7H,8-12H2,1-2H3. The summed E-state index contributed by atoms with van der Waals surface area (Å²) < 4.78 is 5.29. The summed E-state index contributed by atoms with van der Waals surface area (Å²) in [5, 5.41) is 0. The van der Waals surface area contributed by atoms with E-state index in [0.29, 0.717) is 13.2 Å². The molecule has 3 heteroatoms. The number of morpholine rings is 1. The Morgan fingerprint density at radius 2 is 1.83 bits per heavy atom. The quantitative estimate of drug-likeness (QED) is 0.818. The second-order valence-corrected chi connectivity index (χ2v) is 5.45. The van der Waals surface area contributed by atoms with Gasteiger partial charge < -0.3 is 9.64 Å². The van der Waals surface area contributed by atoms with Gasteiger partial charge in [0.1, 0.15) is 0 Å². The fraction of sp³-hybridized carbons (Fsp3) is 0.533. The fourth-order valence-corrected chi connectivity index (χ4v) is 2.38. The Bertz CT molecular complexity index is 394. The number of ether oxygens (including phenoxy) is 1. The van der Waals surface area contributed by atoms with Gasteiger partial charge in [-0.25, -0.2) is 0 Å². The highest BCUT2D eigenvalue weighted by Crippen LogP contribution is 2.25. The van der Waals surface area contributed by atoms with Gasteiger partial charge in [0.25, 0.3) is 0 Å². The first kappa shape index (κ1) is 13.1. The van der Waals surface area contributed by atoms with E-state index in [9.17, 15) is 4.79 Å². The van der Waals surface area contributed by atoms with Crippen LogP contribution < -0.4 is 0 Å². The molecule has 0 aliphatic carbocycles. The zero-order chi connectivity index (χ0) is 13.0. The monoisotopic (exact) mass is 247 g/mol. The predicted octanol–water partition coefficient (Wildman–Crippen LogP) is 2.11. The molecule has 1 aliphatic rings. The SMILES string of the molecule is CC(C)(Cc1ccccc1)C(=O)N1CCOCC1. The van der Waals surface area contributed by atoms with Crippen LogP contribution in [0.25, 0.3) is 0 Å². The summed E-state index contributed by atoms with van der Waals surface area (Å²) >= 11 is 0. The second kappa shape index (κ2) is 5.53. The maximum Gasteiger partial charge on any atom is 0.228 e. The fourth-order valence-electron chi connectivity index (χ4n) is 2.38. The van der Waals surface area contributed by atoms with Crippen LogP contribution in [0.1, 0.15) is 19.4 Å². The van der Waals surface area contributed by atoms with E-state index < -0.39 is 0 Å². The molecule has 1 saturated heterocycles. The minimum absolute atomic E-state index is 0.231. The number of carbonyl (C=O) groups is 1. The first-order valence-electron chi connectivity index (χ1n) is 6.51. The number of nitrogens with zero attached hydrogens (tertiary/aromatic N) is 1. The van der Waals surface area contributed by atoms with Crippen LogP contribution in [0.15, 0.2) is 30.3 Å². The third-order valence-corrected chi connectivity index (χ3v) is 3.37. The number of hydrogen-bond acceptors (Lipinski definition) is 2. The highest BCUT2D eigenvalue weighted by atomic mass is 16.5. The van der Waals surface area contributed by atoms with Crippen LogP contribution in [-0.2, 0) is 16.0 Å². The van der Waals surface area contributed by atoms with Crippen molar-refractivity contribution in [2.75, 3.05) is 26.3 Å². The van der Waals surface area contributed by atoms with Crippen molar-refractivity contribution in [3.05, 3.63) is 35.9 Å². The molecule has 0 unspecified atom stereocenters. The summed E-state index contributed by atoms with van der Waals surface area (Å²) in [6.07, 6.45) is 0.782. The Balaban J connectivity index is 2.03. The van der Waals surface area contributed by atoms with E-state index in [0.717, 1.165) is 19.5 Å². The Morgan fingerprint density at radius 3 is 2.44 bits per heavy atom. The summed E-state index contributed by atoms with van der Waals surface area (Å²) in [6, 6.07) is 10.2. The molecule has 1 fully saturated rings. The van der Waals surface area contributed by atoms with Crippen molar-refractivity contribution in [2.45, 2.75) is 20.3 Å². The molecule has 18 heavy (non-hydrogen) atoms. The van der Waals surface area contributed by atoms with Gasteiger partial charge in [0.05, 0.1) is 13.2 Å². The minimum Gasteiger partial charge on any atom is -0.378 e. The summed E-state index contributed by atoms with van der Waals surface area (Å²) in [5.41, 5.74) is 0.864. The van der Waals surface area contributed by atoms with Crippen LogP contribution in [0.5, 0.6) is 0 Å². The number of benzene rings is 1. The van der Waals surface area contributed by atoms with Crippen LogP contribution in [-0.4, -0.2) is 37.1 Å². The maximum atomic E-state index is 12.5. The van der Waals surface area contributed by atoms with Crippen LogP contribution in [0.4, 0.5) is 0 Å².